The third-order valence-electron chi connectivity index (χ3n) is 2.76. The molecule has 0 unspecified atom stereocenters. The summed E-state index contributed by atoms with van der Waals surface area (Å²) < 4.78 is 11.7. The van der Waals surface area contributed by atoms with Crippen molar-refractivity contribution in [2.75, 3.05) is 54.5 Å². The number of para-hydroxylation sites is 1. The molecule has 0 atom stereocenters. The first-order valence-electron chi connectivity index (χ1n) is 6.65. The van der Waals surface area contributed by atoms with Gasteiger partial charge in [0.1, 0.15) is 13.2 Å². The standard InChI is InChI=1S/C15H26N2O2/c1-13-7-6-8-14(18-11-9-16(2)3)15(13)19-12-10-17(4)5/h6-8H,9-12H2,1-5H3. The van der Waals surface area contributed by atoms with Crippen LogP contribution >= 0.6 is 0 Å². The van der Waals surface area contributed by atoms with E-state index in [1.54, 1.807) is 0 Å². The largest absolute Gasteiger partial charge is 0.488 e. The van der Waals surface area contributed by atoms with Crippen LogP contribution in [0.1, 0.15) is 5.56 Å². The van der Waals surface area contributed by atoms with E-state index >= 15 is 0 Å². The first-order chi connectivity index (χ1) is 9.00. The summed E-state index contributed by atoms with van der Waals surface area (Å²) in [5.74, 6) is 1.70. The normalized spacial score (nSPS) is 11.1. The lowest BCUT2D eigenvalue weighted by Crippen LogP contribution is -2.21. The van der Waals surface area contributed by atoms with Crippen LogP contribution < -0.4 is 9.47 Å². The van der Waals surface area contributed by atoms with Crippen molar-refractivity contribution in [3.05, 3.63) is 23.8 Å². The van der Waals surface area contributed by atoms with Crippen molar-refractivity contribution in [2.24, 2.45) is 0 Å². The molecule has 4 nitrogen and oxygen atoms in total. The van der Waals surface area contributed by atoms with Gasteiger partial charge in [0.05, 0.1) is 0 Å². The Kier molecular flexibility index (Phi) is 6.67. The minimum Gasteiger partial charge on any atom is -0.488 e. The van der Waals surface area contributed by atoms with Crippen molar-refractivity contribution >= 4 is 0 Å². The second-order valence-electron chi connectivity index (χ2n) is 5.21. The SMILES string of the molecule is Cc1cccc(OCCN(C)C)c1OCCN(C)C. The van der Waals surface area contributed by atoms with Crippen LogP contribution in [0.4, 0.5) is 0 Å². The lowest BCUT2D eigenvalue weighted by atomic mass is 10.2. The van der Waals surface area contributed by atoms with Crippen LogP contribution in [-0.4, -0.2) is 64.3 Å². The topological polar surface area (TPSA) is 24.9 Å². The third kappa shape index (κ3) is 5.94. The maximum atomic E-state index is 5.86. The van der Waals surface area contributed by atoms with Crippen LogP contribution in [0.5, 0.6) is 11.5 Å². The van der Waals surface area contributed by atoms with E-state index in [1.165, 1.54) is 0 Å². The zero-order valence-corrected chi connectivity index (χ0v) is 12.8. The summed E-state index contributed by atoms with van der Waals surface area (Å²) in [5, 5.41) is 0. The van der Waals surface area contributed by atoms with Gasteiger partial charge in [-0.25, -0.2) is 0 Å². The van der Waals surface area contributed by atoms with Crippen molar-refractivity contribution in [1.29, 1.82) is 0 Å². The van der Waals surface area contributed by atoms with E-state index < -0.39 is 0 Å². The molecule has 1 rings (SSSR count). The molecule has 0 N–H and O–H groups in total. The number of nitrogens with zero attached hydrogens (tertiary/aromatic N) is 2. The van der Waals surface area contributed by atoms with E-state index in [-0.39, 0.29) is 0 Å². The second-order valence-corrected chi connectivity index (χ2v) is 5.21. The highest BCUT2D eigenvalue weighted by Crippen LogP contribution is 2.30. The molecule has 0 amide bonds. The fourth-order valence-electron chi connectivity index (χ4n) is 1.59. The monoisotopic (exact) mass is 266 g/mol. The summed E-state index contributed by atoms with van der Waals surface area (Å²) >= 11 is 0. The van der Waals surface area contributed by atoms with Gasteiger partial charge in [0.25, 0.3) is 0 Å². The summed E-state index contributed by atoms with van der Waals surface area (Å²) in [6.07, 6.45) is 0. The Hall–Kier alpha value is -1.26. The Balaban J connectivity index is 2.61. The van der Waals surface area contributed by atoms with Crippen molar-refractivity contribution in [3.63, 3.8) is 0 Å². The summed E-state index contributed by atoms with van der Waals surface area (Å²) in [5.41, 5.74) is 1.11. The molecule has 4 heteroatoms. The number of hydrogen-bond donors (Lipinski definition) is 0. The predicted molar refractivity (Wildman–Crippen MR) is 79.3 cm³/mol. The molecule has 19 heavy (non-hydrogen) atoms. The second kappa shape index (κ2) is 8.02. The Bertz CT molecular complexity index is 378. The number of hydrogen-bond acceptors (Lipinski definition) is 4. The molecule has 0 aliphatic heterocycles. The number of likely N-dealkylation sites (N-methyl/N-ethyl adjacent to an activating group) is 2. The summed E-state index contributed by atoms with van der Waals surface area (Å²) in [4.78, 5) is 4.20. The summed E-state index contributed by atoms with van der Waals surface area (Å²) in [6.45, 7) is 5.17. The highest BCUT2D eigenvalue weighted by atomic mass is 16.5. The molecule has 0 saturated heterocycles. The Labute approximate surface area is 116 Å². The highest BCUT2D eigenvalue weighted by Gasteiger charge is 2.08. The van der Waals surface area contributed by atoms with E-state index in [0.29, 0.717) is 13.2 Å². The van der Waals surface area contributed by atoms with Crippen LogP contribution in [0.3, 0.4) is 0 Å². The molecule has 0 bridgehead atoms. The first-order valence-corrected chi connectivity index (χ1v) is 6.65. The van der Waals surface area contributed by atoms with E-state index in [0.717, 1.165) is 30.2 Å². The quantitative estimate of drug-likeness (QED) is 0.717. The molecule has 1 aromatic rings. The van der Waals surface area contributed by atoms with E-state index in [1.807, 2.05) is 53.3 Å². The van der Waals surface area contributed by atoms with Crippen LogP contribution in [0.25, 0.3) is 0 Å². The molecular weight excluding hydrogens is 240 g/mol. The Morgan fingerprint density at radius 3 is 2.05 bits per heavy atom. The van der Waals surface area contributed by atoms with Gasteiger partial charge in [-0.15, -0.1) is 0 Å². The van der Waals surface area contributed by atoms with E-state index in [9.17, 15) is 0 Å². The third-order valence-corrected chi connectivity index (χ3v) is 2.76. The summed E-state index contributed by atoms with van der Waals surface area (Å²) in [6, 6.07) is 6.01. The molecule has 0 saturated carbocycles. The van der Waals surface area contributed by atoms with Crippen LogP contribution in [-0.2, 0) is 0 Å². The Morgan fingerprint density at radius 2 is 1.47 bits per heavy atom. The average Bonchev–Trinajstić information content (AvgIpc) is 2.31. The van der Waals surface area contributed by atoms with Gasteiger partial charge in [0.2, 0.25) is 0 Å². The number of aryl methyl sites for hydroxylation is 1. The molecular formula is C15H26N2O2. The molecule has 0 fully saturated rings. The van der Waals surface area contributed by atoms with Crippen LogP contribution in [0.2, 0.25) is 0 Å². The molecule has 0 aliphatic carbocycles. The highest BCUT2D eigenvalue weighted by molar-refractivity contribution is 5.45. The minimum absolute atomic E-state index is 0.667. The molecule has 0 radical (unpaired) electrons. The van der Waals surface area contributed by atoms with Crippen molar-refractivity contribution in [1.82, 2.24) is 9.80 Å². The average molecular weight is 266 g/mol. The fourth-order valence-corrected chi connectivity index (χ4v) is 1.59. The summed E-state index contributed by atoms with van der Waals surface area (Å²) in [7, 11) is 8.15. The fraction of sp³-hybridized carbons (Fsp3) is 0.600. The van der Waals surface area contributed by atoms with Gasteiger partial charge >= 0.3 is 0 Å². The van der Waals surface area contributed by atoms with Crippen LogP contribution in [0, 0.1) is 6.92 Å². The van der Waals surface area contributed by atoms with Crippen molar-refractivity contribution in [3.8, 4) is 11.5 Å². The number of benzene rings is 1. The molecule has 108 valence electrons. The van der Waals surface area contributed by atoms with Gasteiger partial charge in [-0.3, -0.25) is 0 Å². The zero-order chi connectivity index (χ0) is 14.3. The molecule has 0 spiro atoms. The van der Waals surface area contributed by atoms with Gasteiger partial charge < -0.3 is 19.3 Å². The lowest BCUT2D eigenvalue weighted by Gasteiger charge is -2.17. The maximum Gasteiger partial charge on any atom is 0.164 e. The molecule has 0 aromatic heterocycles. The molecule has 0 heterocycles. The Morgan fingerprint density at radius 1 is 0.895 bits per heavy atom. The van der Waals surface area contributed by atoms with E-state index in [4.69, 9.17) is 9.47 Å². The van der Waals surface area contributed by atoms with Gasteiger partial charge in [0.15, 0.2) is 11.5 Å². The number of ether oxygens (including phenoxy) is 2. The number of rotatable bonds is 8. The molecule has 0 aliphatic rings. The molecule has 1 aromatic carbocycles. The van der Waals surface area contributed by atoms with E-state index in [2.05, 4.69) is 9.80 Å². The first kappa shape index (κ1) is 15.8. The predicted octanol–water partition coefficient (Wildman–Crippen LogP) is 1.88. The van der Waals surface area contributed by atoms with Crippen LogP contribution in [0.15, 0.2) is 18.2 Å². The minimum atomic E-state index is 0.667. The van der Waals surface area contributed by atoms with Gasteiger partial charge in [-0.05, 0) is 46.7 Å². The van der Waals surface area contributed by atoms with Crippen molar-refractivity contribution < 1.29 is 9.47 Å². The van der Waals surface area contributed by atoms with Gasteiger partial charge in [-0.2, -0.15) is 0 Å². The lowest BCUT2D eigenvalue weighted by molar-refractivity contribution is 0.226. The smallest absolute Gasteiger partial charge is 0.164 e. The van der Waals surface area contributed by atoms with Gasteiger partial charge in [-0.1, -0.05) is 12.1 Å². The van der Waals surface area contributed by atoms with Crippen molar-refractivity contribution in [2.45, 2.75) is 6.92 Å². The van der Waals surface area contributed by atoms with Gasteiger partial charge in [0, 0.05) is 13.1 Å². The zero-order valence-electron chi connectivity index (χ0n) is 12.8. The maximum absolute atomic E-state index is 5.86.